The van der Waals surface area contributed by atoms with Crippen molar-refractivity contribution in [3.8, 4) is 0 Å². The number of nitrogens with one attached hydrogen (secondary N) is 3. The van der Waals surface area contributed by atoms with Gasteiger partial charge in [-0.05, 0) is 47.9 Å². The molecule has 0 fully saturated rings. The highest BCUT2D eigenvalue weighted by Crippen LogP contribution is 2.32. The minimum Gasteiger partial charge on any atom is -0.354 e. The molecule has 2 aromatic heterocycles. The Kier molecular flexibility index (Phi) is 6.86. The van der Waals surface area contributed by atoms with Gasteiger partial charge >= 0.3 is 6.18 Å². The second-order valence-electron chi connectivity index (χ2n) is 8.13. The van der Waals surface area contributed by atoms with Gasteiger partial charge < -0.3 is 15.6 Å². The predicted molar refractivity (Wildman–Crippen MR) is 129 cm³/mol. The molecule has 3 N–H and O–H groups in total. The minimum absolute atomic E-state index is 0.337. The first kappa shape index (κ1) is 24.1. The molecular weight excluding hydrogens is 488 g/mol. The summed E-state index contributed by atoms with van der Waals surface area (Å²) in [6, 6.07) is 9.97. The maximum Gasteiger partial charge on any atom is 0.416 e. The Hall–Kier alpha value is -3.04. The van der Waals surface area contributed by atoms with Gasteiger partial charge in [0.1, 0.15) is 11.3 Å². The first-order valence-electron chi connectivity index (χ1n) is 10.5. The van der Waals surface area contributed by atoms with Crippen molar-refractivity contribution in [1.82, 2.24) is 19.9 Å². The highest BCUT2D eigenvalue weighted by molar-refractivity contribution is 6.36. The molecule has 0 aliphatic carbocycles. The van der Waals surface area contributed by atoms with Crippen molar-refractivity contribution in [2.45, 2.75) is 26.4 Å². The van der Waals surface area contributed by atoms with Gasteiger partial charge in [0.15, 0.2) is 11.5 Å². The SMILES string of the molecule is CC(C)CNc1nc(Nc2ccc(C(F)(F)F)cc2)c2[nH]c(Cc3c(Cl)cccc3Cl)nc2n1. The zero-order chi connectivity index (χ0) is 24.5. The molecule has 0 radical (unpaired) electrons. The number of alkyl halides is 3. The Morgan fingerprint density at radius 2 is 1.65 bits per heavy atom. The van der Waals surface area contributed by atoms with Gasteiger partial charge in [0.25, 0.3) is 0 Å². The van der Waals surface area contributed by atoms with E-state index in [9.17, 15) is 13.2 Å². The van der Waals surface area contributed by atoms with Crippen LogP contribution in [0.1, 0.15) is 30.8 Å². The van der Waals surface area contributed by atoms with E-state index < -0.39 is 11.7 Å². The maximum absolute atomic E-state index is 12.9. The standard InChI is InChI=1S/C23H21Cl2F3N6/c1-12(2)11-29-22-33-20(30-14-8-6-13(7-9-14)23(26,27)28)19-21(34-22)32-18(31-19)10-15-16(24)4-3-5-17(15)25/h3-9,12H,10-11H2,1-2H3,(H3,29,30,31,32,33,34). The van der Waals surface area contributed by atoms with Gasteiger partial charge in [0.05, 0.1) is 5.56 Å². The number of H-pyrrole nitrogens is 1. The van der Waals surface area contributed by atoms with E-state index in [0.717, 1.165) is 12.1 Å². The van der Waals surface area contributed by atoms with E-state index in [1.807, 2.05) is 13.8 Å². The lowest BCUT2D eigenvalue weighted by Gasteiger charge is -2.12. The molecule has 178 valence electrons. The predicted octanol–water partition coefficient (Wildman–Crippen LogP) is 7.08. The third-order valence-corrected chi connectivity index (χ3v) is 5.66. The Balaban J connectivity index is 1.71. The van der Waals surface area contributed by atoms with Gasteiger partial charge in [-0.25, -0.2) is 4.98 Å². The molecule has 6 nitrogen and oxygen atoms in total. The van der Waals surface area contributed by atoms with E-state index in [4.69, 9.17) is 23.2 Å². The fourth-order valence-corrected chi connectivity index (χ4v) is 3.77. The summed E-state index contributed by atoms with van der Waals surface area (Å²) < 4.78 is 38.7. The summed E-state index contributed by atoms with van der Waals surface area (Å²) in [5.41, 5.74) is 1.33. The topological polar surface area (TPSA) is 78.5 Å². The summed E-state index contributed by atoms with van der Waals surface area (Å²) >= 11 is 12.6. The van der Waals surface area contributed by atoms with Gasteiger partial charge in [0.2, 0.25) is 5.95 Å². The van der Waals surface area contributed by atoms with E-state index in [1.54, 1.807) is 18.2 Å². The van der Waals surface area contributed by atoms with Crippen LogP contribution in [0.15, 0.2) is 42.5 Å². The summed E-state index contributed by atoms with van der Waals surface area (Å²) in [5, 5.41) is 7.26. The van der Waals surface area contributed by atoms with Crippen LogP contribution in [0.4, 0.5) is 30.6 Å². The number of rotatable bonds is 7. The normalized spacial score (nSPS) is 11.9. The first-order valence-corrected chi connectivity index (χ1v) is 11.2. The largest absolute Gasteiger partial charge is 0.416 e. The van der Waals surface area contributed by atoms with Crippen molar-refractivity contribution in [1.29, 1.82) is 0 Å². The van der Waals surface area contributed by atoms with Crippen LogP contribution in [-0.4, -0.2) is 26.5 Å². The average Bonchev–Trinajstić information content (AvgIpc) is 3.18. The molecule has 4 aromatic rings. The average molecular weight is 509 g/mol. The molecular formula is C23H21Cl2F3N6. The number of hydrogen-bond acceptors (Lipinski definition) is 5. The van der Waals surface area contributed by atoms with Gasteiger partial charge in [-0.15, -0.1) is 0 Å². The van der Waals surface area contributed by atoms with Crippen molar-refractivity contribution in [2.75, 3.05) is 17.2 Å². The second kappa shape index (κ2) is 9.68. The number of anilines is 3. The quantitative estimate of drug-likeness (QED) is 0.248. The Labute approximate surface area is 203 Å². The van der Waals surface area contributed by atoms with Crippen molar-refractivity contribution >= 4 is 51.8 Å². The van der Waals surface area contributed by atoms with Crippen LogP contribution in [0.25, 0.3) is 11.2 Å². The van der Waals surface area contributed by atoms with Gasteiger partial charge in [-0.2, -0.15) is 23.1 Å². The van der Waals surface area contributed by atoms with Crippen LogP contribution in [-0.2, 0) is 12.6 Å². The number of aromatic amines is 1. The third kappa shape index (κ3) is 5.53. The van der Waals surface area contributed by atoms with E-state index in [0.29, 0.717) is 68.9 Å². The van der Waals surface area contributed by atoms with Crippen LogP contribution in [0, 0.1) is 5.92 Å². The van der Waals surface area contributed by atoms with E-state index >= 15 is 0 Å². The van der Waals surface area contributed by atoms with Crippen LogP contribution < -0.4 is 10.6 Å². The van der Waals surface area contributed by atoms with Crippen LogP contribution in [0.5, 0.6) is 0 Å². The molecule has 0 spiro atoms. The summed E-state index contributed by atoms with van der Waals surface area (Å²) in [6.45, 7) is 4.73. The second-order valence-corrected chi connectivity index (χ2v) is 8.94. The number of nitrogens with zero attached hydrogens (tertiary/aromatic N) is 3. The molecule has 4 rings (SSSR count). The first-order chi connectivity index (χ1) is 16.1. The summed E-state index contributed by atoms with van der Waals surface area (Å²) in [5.74, 6) is 1.64. The number of fused-ring (bicyclic) bond motifs is 1. The van der Waals surface area contributed by atoms with Crippen molar-refractivity contribution < 1.29 is 13.2 Å². The maximum atomic E-state index is 12.9. The van der Waals surface area contributed by atoms with Crippen molar-refractivity contribution in [2.24, 2.45) is 5.92 Å². The minimum atomic E-state index is -4.41. The molecule has 34 heavy (non-hydrogen) atoms. The number of halogens is 5. The van der Waals surface area contributed by atoms with E-state index in [1.165, 1.54) is 12.1 Å². The number of imidazole rings is 1. The van der Waals surface area contributed by atoms with Crippen molar-refractivity contribution in [3.05, 3.63) is 69.5 Å². The zero-order valence-corrected chi connectivity index (χ0v) is 19.8. The Morgan fingerprint density at radius 3 is 2.26 bits per heavy atom. The lowest BCUT2D eigenvalue weighted by atomic mass is 10.1. The number of hydrogen-bond donors (Lipinski definition) is 3. The monoisotopic (exact) mass is 508 g/mol. The molecule has 0 bridgehead atoms. The van der Waals surface area contributed by atoms with Crippen LogP contribution >= 0.6 is 23.2 Å². The van der Waals surface area contributed by atoms with Crippen LogP contribution in [0.3, 0.4) is 0 Å². The smallest absolute Gasteiger partial charge is 0.354 e. The third-order valence-electron chi connectivity index (χ3n) is 4.95. The van der Waals surface area contributed by atoms with E-state index in [-0.39, 0.29) is 0 Å². The highest BCUT2D eigenvalue weighted by Gasteiger charge is 2.30. The summed E-state index contributed by atoms with van der Waals surface area (Å²) in [7, 11) is 0. The fraction of sp³-hybridized carbons (Fsp3) is 0.261. The summed E-state index contributed by atoms with van der Waals surface area (Å²) in [6.07, 6.45) is -4.07. The molecule has 11 heteroatoms. The molecule has 0 saturated heterocycles. The lowest BCUT2D eigenvalue weighted by molar-refractivity contribution is -0.137. The van der Waals surface area contributed by atoms with Gasteiger partial charge in [-0.1, -0.05) is 43.1 Å². The molecule has 0 aliphatic heterocycles. The molecule has 2 heterocycles. The van der Waals surface area contributed by atoms with E-state index in [2.05, 4.69) is 30.6 Å². The number of benzene rings is 2. The molecule has 0 amide bonds. The molecule has 2 aromatic carbocycles. The van der Waals surface area contributed by atoms with Crippen LogP contribution in [0.2, 0.25) is 10.0 Å². The van der Waals surface area contributed by atoms with Crippen molar-refractivity contribution in [3.63, 3.8) is 0 Å². The van der Waals surface area contributed by atoms with Gasteiger partial charge in [-0.3, -0.25) is 0 Å². The van der Waals surface area contributed by atoms with Gasteiger partial charge in [0, 0.05) is 28.7 Å². The summed E-state index contributed by atoms with van der Waals surface area (Å²) in [4.78, 5) is 16.8. The fourth-order valence-electron chi connectivity index (χ4n) is 3.24. The molecule has 0 aliphatic rings. The Bertz CT molecular complexity index is 1280. The lowest BCUT2D eigenvalue weighted by Crippen LogP contribution is -2.11. The Morgan fingerprint density at radius 1 is 0.971 bits per heavy atom. The zero-order valence-electron chi connectivity index (χ0n) is 18.3. The molecule has 0 unspecified atom stereocenters. The highest BCUT2D eigenvalue weighted by atomic mass is 35.5. The number of aromatic nitrogens is 4. The molecule has 0 atom stereocenters. The molecule has 0 saturated carbocycles.